The number of hydrogen-bond donors (Lipinski definition) is 0. The molecule has 0 spiro atoms. The molecule has 1 heterocycles. The number of methoxy groups -OCH3 is 1. The van der Waals surface area contributed by atoms with Crippen LogP contribution in [-0.2, 0) is 14.3 Å². The number of rotatable bonds is 14. The van der Waals surface area contributed by atoms with Crippen LogP contribution < -0.4 is 0 Å². The SMILES string of the molecule is CCCCCCC#CC#CCCCCCCCC[C@@H]1C[C@@H](COC)OC1=O. The van der Waals surface area contributed by atoms with Gasteiger partial charge in [-0.1, -0.05) is 70.1 Å². The lowest BCUT2D eigenvalue weighted by atomic mass is 9.97. The second-order valence-electron chi connectivity index (χ2n) is 7.52. The minimum atomic E-state index is -0.0284. The highest BCUT2D eigenvalue weighted by molar-refractivity contribution is 5.74. The number of unbranched alkanes of at least 4 members (excludes halogenated alkanes) is 10. The Morgan fingerprint density at radius 3 is 2.15 bits per heavy atom. The minimum absolute atomic E-state index is 0.0281. The molecule has 2 atom stereocenters. The molecule has 1 fully saturated rings. The first-order chi connectivity index (χ1) is 13.3. The topological polar surface area (TPSA) is 35.5 Å². The van der Waals surface area contributed by atoms with Crippen LogP contribution in [0.5, 0.6) is 0 Å². The molecular formula is C24H38O3. The quantitative estimate of drug-likeness (QED) is 0.223. The molecule has 3 nitrogen and oxygen atoms in total. The highest BCUT2D eigenvalue weighted by Gasteiger charge is 2.33. The standard InChI is InChI=1S/C24H38O3/c1-3-4-5-6-7-8-9-10-11-12-13-14-15-16-17-18-19-22-20-23(21-26-2)27-24(22)25/h22-23H,3-7,12-21H2,1-2H3/t22-,23+/m1/s1. The molecule has 1 saturated heterocycles. The van der Waals surface area contributed by atoms with Crippen molar-refractivity contribution in [3.63, 3.8) is 0 Å². The predicted molar refractivity (Wildman–Crippen MR) is 111 cm³/mol. The first kappa shape index (κ1) is 23.6. The number of esters is 1. The summed E-state index contributed by atoms with van der Waals surface area (Å²) in [5.41, 5.74) is 0. The van der Waals surface area contributed by atoms with E-state index >= 15 is 0 Å². The molecule has 1 rings (SSSR count). The average Bonchev–Trinajstić information content (AvgIpc) is 3.01. The van der Waals surface area contributed by atoms with Crippen molar-refractivity contribution in [1.29, 1.82) is 0 Å². The molecule has 0 aromatic rings. The summed E-state index contributed by atoms with van der Waals surface area (Å²) in [6, 6.07) is 0. The Morgan fingerprint density at radius 2 is 1.52 bits per heavy atom. The zero-order valence-electron chi connectivity index (χ0n) is 17.5. The maximum absolute atomic E-state index is 11.8. The van der Waals surface area contributed by atoms with Gasteiger partial charge in [-0.2, -0.15) is 0 Å². The Bertz CT molecular complexity index is 503. The highest BCUT2D eigenvalue weighted by atomic mass is 16.6. The fourth-order valence-corrected chi connectivity index (χ4v) is 3.41. The Morgan fingerprint density at radius 1 is 0.926 bits per heavy atom. The average molecular weight is 375 g/mol. The number of ether oxygens (including phenoxy) is 2. The van der Waals surface area contributed by atoms with Crippen molar-refractivity contribution in [2.75, 3.05) is 13.7 Å². The van der Waals surface area contributed by atoms with E-state index in [0.29, 0.717) is 6.61 Å². The van der Waals surface area contributed by atoms with Gasteiger partial charge in [-0.25, -0.2) is 0 Å². The van der Waals surface area contributed by atoms with E-state index in [9.17, 15) is 4.79 Å². The molecule has 1 aliphatic rings. The van der Waals surface area contributed by atoms with Crippen LogP contribution in [0.2, 0.25) is 0 Å². The van der Waals surface area contributed by atoms with Gasteiger partial charge in [0.2, 0.25) is 0 Å². The van der Waals surface area contributed by atoms with Crippen LogP contribution in [0.4, 0.5) is 0 Å². The van der Waals surface area contributed by atoms with Crippen molar-refractivity contribution in [2.24, 2.45) is 5.92 Å². The van der Waals surface area contributed by atoms with Crippen LogP contribution in [0.15, 0.2) is 0 Å². The van der Waals surface area contributed by atoms with Crippen molar-refractivity contribution < 1.29 is 14.3 Å². The van der Waals surface area contributed by atoms with Crippen LogP contribution in [0.3, 0.4) is 0 Å². The fraction of sp³-hybridized carbons (Fsp3) is 0.792. The molecule has 0 radical (unpaired) electrons. The molecule has 0 saturated carbocycles. The zero-order chi connectivity index (χ0) is 19.6. The van der Waals surface area contributed by atoms with E-state index in [-0.39, 0.29) is 18.0 Å². The maximum atomic E-state index is 11.8. The van der Waals surface area contributed by atoms with Gasteiger partial charge in [0.1, 0.15) is 6.10 Å². The van der Waals surface area contributed by atoms with Gasteiger partial charge in [-0.15, -0.1) is 0 Å². The van der Waals surface area contributed by atoms with Gasteiger partial charge >= 0.3 is 5.97 Å². The first-order valence-electron chi connectivity index (χ1n) is 10.9. The molecule has 0 aromatic carbocycles. The molecule has 0 aromatic heterocycles. The Labute approximate surface area is 167 Å². The third-order valence-electron chi connectivity index (χ3n) is 5.02. The van der Waals surface area contributed by atoms with E-state index in [1.165, 1.54) is 57.8 Å². The summed E-state index contributed by atoms with van der Waals surface area (Å²) in [5.74, 6) is 12.3. The van der Waals surface area contributed by atoms with E-state index in [0.717, 1.165) is 32.1 Å². The summed E-state index contributed by atoms with van der Waals surface area (Å²) in [4.78, 5) is 11.8. The van der Waals surface area contributed by atoms with Crippen molar-refractivity contribution in [1.82, 2.24) is 0 Å². The van der Waals surface area contributed by atoms with E-state index in [2.05, 4.69) is 30.6 Å². The van der Waals surface area contributed by atoms with Gasteiger partial charge in [0, 0.05) is 20.0 Å². The Hall–Kier alpha value is -1.45. The highest BCUT2D eigenvalue weighted by Crippen LogP contribution is 2.26. The molecule has 27 heavy (non-hydrogen) atoms. The van der Waals surface area contributed by atoms with Gasteiger partial charge < -0.3 is 9.47 Å². The van der Waals surface area contributed by atoms with Crippen LogP contribution in [0, 0.1) is 29.6 Å². The minimum Gasteiger partial charge on any atom is -0.460 e. The van der Waals surface area contributed by atoms with Gasteiger partial charge in [0.25, 0.3) is 0 Å². The van der Waals surface area contributed by atoms with Crippen LogP contribution in [0.25, 0.3) is 0 Å². The zero-order valence-corrected chi connectivity index (χ0v) is 17.5. The number of cyclic esters (lactones) is 1. The summed E-state index contributed by atoms with van der Waals surface area (Å²) < 4.78 is 10.4. The van der Waals surface area contributed by atoms with Gasteiger partial charge in [-0.05, 0) is 37.5 Å². The van der Waals surface area contributed by atoms with Gasteiger partial charge in [0.15, 0.2) is 0 Å². The van der Waals surface area contributed by atoms with Crippen molar-refractivity contribution >= 4 is 5.97 Å². The Balaban J connectivity index is 1.89. The van der Waals surface area contributed by atoms with Gasteiger partial charge in [0.05, 0.1) is 12.5 Å². The number of carbonyl (C=O) groups is 1. The summed E-state index contributed by atoms with van der Waals surface area (Å²) in [5, 5.41) is 0. The van der Waals surface area contributed by atoms with E-state index < -0.39 is 0 Å². The van der Waals surface area contributed by atoms with Crippen molar-refractivity contribution in [2.45, 2.75) is 103 Å². The molecule has 0 aliphatic carbocycles. The normalized spacial score (nSPS) is 18.4. The molecule has 0 amide bonds. The third-order valence-corrected chi connectivity index (χ3v) is 5.02. The summed E-state index contributed by atoms with van der Waals surface area (Å²) in [6.07, 6.45) is 16.0. The summed E-state index contributed by atoms with van der Waals surface area (Å²) in [7, 11) is 1.65. The van der Waals surface area contributed by atoms with Crippen LogP contribution in [-0.4, -0.2) is 25.8 Å². The third kappa shape index (κ3) is 12.5. The monoisotopic (exact) mass is 374 g/mol. The fourth-order valence-electron chi connectivity index (χ4n) is 3.41. The molecule has 1 aliphatic heterocycles. The van der Waals surface area contributed by atoms with E-state index in [1.807, 2.05) is 0 Å². The number of hydrogen-bond acceptors (Lipinski definition) is 3. The lowest BCUT2D eigenvalue weighted by Crippen LogP contribution is -2.13. The maximum Gasteiger partial charge on any atom is 0.309 e. The summed E-state index contributed by atoms with van der Waals surface area (Å²) in [6.45, 7) is 2.75. The summed E-state index contributed by atoms with van der Waals surface area (Å²) >= 11 is 0. The molecular weight excluding hydrogens is 336 g/mol. The van der Waals surface area contributed by atoms with Crippen molar-refractivity contribution in [3.8, 4) is 23.7 Å². The predicted octanol–water partition coefficient (Wildman–Crippen LogP) is 5.66. The first-order valence-corrected chi connectivity index (χ1v) is 10.9. The molecule has 152 valence electrons. The second kappa shape index (κ2) is 16.7. The molecule has 0 unspecified atom stereocenters. The lowest BCUT2D eigenvalue weighted by Gasteiger charge is -2.06. The second-order valence-corrected chi connectivity index (χ2v) is 7.52. The van der Waals surface area contributed by atoms with Crippen LogP contribution in [0.1, 0.15) is 96.8 Å². The van der Waals surface area contributed by atoms with E-state index in [4.69, 9.17) is 9.47 Å². The lowest BCUT2D eigenvalue weighted by molar-refractivity contribution is -0.145. The smallest absolute Gasteiger partial charge is 0.309 e. The van der Waals surface area contributed by atoms with Crippen LogP contribution >= 0.6 is 0 Å². The van der Waals surface area contributed by atoms with Crippen molar-refractivity contribution in [3.05, 3.63) is 0 Å². The molecule has 0 bridgehead atoms. The Kier molecular flexibility index (Phi) is 14.6. The molecule has 3 heteroatoms. The number of carbonyl (C=O) groups excluding carboxylic acids is 1. The van der Waals surface area contributed by atoms with E-state index in [1.54, 1.807) is 7.11 Å². The van der Waals surface area contributed by atoms with Gasteiger partial charge in [-0.3, -0.25) is 4.79 Å². The molecule has 0 N–H and O–H groups in total. The largest absolute Gasteiger partial charge is 0.460 e.